The lowest BCUT2D eigenvalue weighted by atomic mass is 9.96. The second kappa shape index (κ2) is 12.2. The quantitative estimate of drug-likeness (QED) is 0.221. The molecular formula is C38H39ClN8O4. The Balaban J connectivity index is 1.14. The van der Waals surface area contributed by atoms with Crippen molar-refractivity contribution in [3.05, 3.63) is 96.8 Å². The molecule has 2 aromatic carbocycles. The summed E-state index contributed by atoms with van der Waals surface area (Å²) in [7, 11) is 4.78. The highest BCUT2D eigenvalue weighted by Gasteiger charge is 2.46. The van der Waals surface area contributed by atoms with Crippen LogP contribution in [0.25, 0.3) is 33.3 Å². The van der Waals surface area contributed by atoms with E-state index in [0.29, 0.717) is 39.9 Å². The van der Waals surface area contributed by atoms with Gasteiger partial charge in [0.15, 0.2) is 0 Å². The number of carbonyl (C=O) groups excluding carboxylic acids is 1. The predicted molar refractivity (Wildman–Crippen MR) is 198 cm³/mol. The summed E-state index contributed by atoms with van der Waals surface area (Å²) in [6, 6.07) is 15.8. The lowest BCUT2D eigenvalue weighted by Gasteiger charge is -2.28. The second-order valence-corrected chi connectivity index (χ2v) is 14.3. The Morgan fingerprint density at radius 1 is 1.00 bits per heavy atom. The SMILES string of the molecule is COc1nc(-c2cccc(-c3cccc(Nc4nc(C)cc5c4c(=O)n(C)c(=O)n5C)c3C)c2Cl)cc2c1[C@@H](N1CC[C@@]3(CNC(=O)N3)C1)CC2. The van der Waals surface area contributed by atoms with Gasteiger partial charge in [0.25, 0.3) is 5.56 Å². The molecule has 13 heteroatoms. The van der Waals surface area contributed by atoms with E-state index in [1.165, 1.54) is 17.2 Å². The first-order chi connectivity index (χ1) is 24.5. The van der Waals surface area contributed by atoms with Gasteiger partial charge in [-0.25, -0.2) is 19.6 Å². The fraction of sp³-hybridized carbons (Fsp3) is 0.342. The summed E-state index contributed by atoms with van der Waals surface area (Å²) < 4.78 is 8.49. The zero-order chi connectivity index (χ0) is 35.8. The number of urea groups is 1. The van der Waals surface area contributed by atoms with Gasteiger partial charge >= 0.3 is 11.7 Å². The van der Waals surface area contributed by atoms with Crippen LogP contribution in [-0.4, -0.2) is 62.3 Å². The number of amides is 2. The maximum atomic E-state index is 13.3. The molecule has 2 aliphatic heterocycles. The minimum atomic E-state index is -0.416. The molecule has 1 spiro atoms. The van der Waals surface area contributed by atoms with Gasteiger partial charge in [-0.15, -0.1) is 0 Å². The highest BCUT2D eigenvalue weighted by Crippen LogP contribution is 2.46. The Kier molecular flexibility index (Phi) is 7.91. The number of hydrogen-bond acceptors (Lipinski definition) is 8. The van der Waals surface area contributed by atoms with Crippen molar-refractivity contribution in [3.8, 4) is 28.3 Å². The van der Waals surface area contributed by atoms with Crippen LogP contribution in [0, 0.1) is 13.8 Å². The molecule has 0 saturated carbocycles. The van der Waals surface area contributed by atoms with Gasteiger partial charge in [-0.2, -0.15) is 0 Å². The van der Waals surface area contributed by atoms with E-state index in [1.807, 2.05) is 50.2 Å². The van der Waals surface area contributed by atoms with Crippen molar-refractivity contribution < 1.29 is 9.53 Å². The summed E-state index contributed by atoms with van der Waals surface area (Å²) in [5, 5.41) is 10.4. The summed E-state index contributed by atoms with van der Waals surface area (Å²) in [4.78, 5) is 50.0. The van der Waals surface area contributed by atoms with Crippen LogP contribution in [0.5, 0.6) is 5.88 Å². The fourth-order valence-electron chi connectivity index (χ4n) is 8.17. The molecule has 3 N–H and O–H groups in total. The number of halogens is 1. The second-order valence-electron chi connectivity index (χ2n) is 13.9. The normalized spacial score (nSPS) is 19.8. The van der Waals surface area contributed by atoms with E-state index in [1.54, 1.807) is 20.2 Å². The molecule has 262 valence electrons. The smallest absolute Gasteiger partial charge is 0.330 e. The van der Waals surface area contributed by atoms with Gasteiger partial charge in [-0.3, -0.25) is 18.8 Å². The van der Waals surface area contributed by atoms with Crippen molar-refractivity contribution in [2.45, 2.75) is 44.7 Å². The van der Waals surface area contributed by atoms with Gasteiger partial charge in [0, 0.05) is 67.8 Å². The van der Waals surface area contributed by atoms with Gasteiger partial charge in [0.1, 0.15) is 11.2 Å². The summed E-state index contributed by atoms with van der Waals surface area (Å²) in [6.45, 7) is 6.16. The summed E-state index contributed by atoms with van der Waals surface area (Å²) >= 11 is 7.25. The number of nitrogens with zero attached hydrogens (tertiary/aromatic N) is 5. The molecule has 5 aromatic rings. The number of pyridine rings is 2. The van der Waals surface area contributed by atoms with E-state index in [-0.39, 0.29) is 17.6 Å². The maximum absolute atomic E-state index is 13.3. The molecule has 12 nitrogen and oxygen atoms in total. The molecule has 2 atom stereocenters. The van der Waals surface area contributed by atoms with Crippen LogP contribution in [0.2, 0.25) is 5.02 Å². The van der Waals surface area contributed by atoms with Crippen LogP contribution in [-0.2, 0) is 20.5 Å². The zero-order valence-electron chi connectivity index (χ0n) is 29.2. The number of fused-ring (bicyclic) bond motifs is 2. The molecule has 0 bridgehead atoms. The molecule has 1 aliphatic carbocycles. The molecule has 2 fully saturated rings. The molecule has 5 heterocycles. The first kappa shape index (κ1) is 33.0. The van der Waals surface area contributed by atoms with Crippen molar-refractivity contribution >= 4 is 40.0 Å². The van der Waals surface area contributed by atoms with Crippen molar-refractivity contribution in [2.75, 3.05) is 32.1 Å². The van der Waals surface area contributed by atoms with E-state index >= 15 is 0 Å². The van der Waals surface area contributed by atoms with Crippen LogP contribution >= 0.6 is 11.6 Å². The molecule has 2 amide bonds. The first-order valence-electron chi connectivity index (χ1n) is 17.1. The lowest BCUT2D eigenvalue weighted by molar-refractivity contribution is 0.219. The van der Waals surface area contributed by atoms with E-state index in [0.717, 1.165) is 76.1 Å². The van der Waals surface area contributed by atoms with E-state index in [9.17, 15) is 14.4 Å². The number of methoxy groups -OCH3 is 1. The fourth-order valence-corrected chi connectivity index (χ4v) is 8.49. The van der Waals surface area contributed by atoms with Gasteiger partial charge in [0.2, 0.25) is 5.88 Å². The van der Waals surface area contributed by atoms with Crippen molar-refractivity contribution in [1.29, 1.82) is 0 Å². The number of benzene rings is 2. The Labute approximate surface area is 299 Å². The maximum Gasteiger partial charge on any atom is 0.330 e. The third-order valence-electron chi connectivity index (χ3n) is 10.8. The topological polar surface area (TPSA) is 135 Å². The minimum absolute atomic E-state index is 0.0945. The molecule has 51 heavy (non-hydrogen) atoms. The van der Waals surface area contributed by atoms with Crippen molar-refractivity contribution in [1.82, 2.24) is 34.6 Å². The standard InChI is InChI=1S/C38H39ClN8O4/c1-20-16-29-31(35(48)46(4)37(50)45(29)3)33(41-20)42-26-11-7-8-23(21(26)2)24-9-6-10-25(32(24)39)27-17-22-12-13-28(30(22)34(43-27)51-5)47-15-14-38(19-47)18-40-36(49)44-38/h6-11,16-17,28H,12-15,18-19H2,1-5H3,(H,41,42)(H2,40,44,49)/t28-,38+/m0/s1. The van der Waals surface area contributed by atoms with Crippen LogP contribution in [0.3, 0.4) is 0 Å². The van der Waals surface area contributed by atoms with E-state index < -0.39 is 11.2 Å². The van der Waals surface area contributed by atoms with Crippen molar-refractivity contribution in [3.63, 3.8) is 0 Å². The van der Waals surface area contributed by atoms with Crippen molar-refractivity contribution in [2.24, 2.45) is 14.1 Å². The molecular weight excluding hydrogens is 668 g/mol. The highest BCUT2D eigenvalue weighted by atomic mass is 35.5. The predicted octanol–water partition coefficient (Wildman–Crippen LogP) is 5.13. The van der Waals surface area contributed by atoms with Gasteiger partial charge in [-0.1, -0.05) is 41.9 Å². The summed E-state index contributed by atoms with van der Waals surface area (Å²) in [5.41, 5.74) is 7.41. The number of hydrogen-bond donors (Lipinski definition) is 3. The van der Waals surface area contributed by atoms with Crippen LogP contribution in [0.15, 0.2) is 58.1 Å². The van der Waals surface area contributed by atoms with Crippen LogP contribution in [0.4, 0.5) is 16.3 Å². The van der Waals surface area contributed by atoms with Crippen LogP contribution in [0.1, 0.15) is 41.3 Å². The number of nitrogens with one attached hydrogen (secondary N) is 3. The first-order valence-corrected chi connectivity index (χ1v) is 17.5. The Morgan fingerprint density at radius 2 is 1.76 bits per heavy atom. The number of likely N-dealkylation sites (tertiary alicyclic amines) is 1. The van der Waals surface area contributed by atoms with Gasteiger partial charge in [-0.05, 0) is 68.0 Å². The Morgan fingerprint density at radius 3 is 2.53 bits per heavy atom. The summed E-state index contributed by atoms with van der Waals surface area (Å²) in [6.07, 6.45) is 2.75. The number of ether oxygens (including phenoxy) is 1. The number of anilines is 2. The molecule has 0 radical (unpaired) electrons. The van der Waals surface area contributed by atoms with Gasteiger partial charge in [0.05, 0.1) is 28.9 Å². The van der Waals surface area contributed by atoms with Gasteiger partial charge < -0.3 is 20.7 Å². The zero-order valence-corrected chi connectivity index (χ0v) is 29.9. The molecule has 2 saturated heterocycles. The van der Waals surface area contributed by atoms with E-state index in [2.05, 4.69) is 31.9 Å². The third kappa shape index (κ3) is 5.35. The van der Waals surface area contributed by atoms with E-state index in [4.69, 9.17) is 21.3 Å². The third-order valence-corrected chi connectivity index (χ3v) is 11.3. The average molecular weight is 707 g/mol. The number of aromatic nitrogens is 4. The lowest BCUT2D eigenvalue weighted by Crippen LogP contribution is -2.46. The minimum Gasteiger partial charge on any atom is -0.481 e. The molecule has 3 aliphatic rings. The molecule has 0 unspecified atom stereocenters. The van der Waals surface area contributed by atoms with Crippen LogP contribution < -0.4 is 31.9 Å². The number of rotatable bonds is 6. The Bertz CT molecular complexity index is 2410. The molecule has 3 aromatic heterocycles. The number of carbonyl (C=O) groups is 1. The largest absolute Gasteiger partial charge is 0.481 e. The molecule has 8 rings (SSSR count). The number of aryl methyl sites for hydroxylation is 3. The summed E-state index contributed by atoms with van der Waals surface area (Å²) in [5.74, 6) is 0.979. The highest BCUT2D eigenvalue weighted by molar-refractivity contribution is 6.36. The monoisotopic (exact) mass is 706 g/mol. The average Bonchev–Trinajstić information content (AvgIpc) is 3.84. The Hall–Kier alpha value is -5.20.